The van der Waals surface area contributed by atoms with Gasteiger partial charge in [-0.25, -0.2) is 0 Å². The molecule has 0 N–H and O–H groups in total. The standard InChI is InChI=1S/C35H50ClNO3/c1-5-26(2)24-34(3,4)32(38)12-11-27-13-17-35(18-14-27)25-31(40-33(35)39)16-21-37-19-7-9-28(15-20-37)22-29-8-6-10-30(36)23-29/h5-6,8-10,23,27,31H,7,11-22,24-25H2,1-4H3/b26-5+/t27?,31-,35?/m0/s1. The number of carbonyl (C=O) groups is 2. The number of esters is 1. The van der Waals surface area contributed by atoms with Crippen LogP contribution >= 0.6 is 11.6 Å². The molecule has 1 saturated carbocycles. The van der Waals surface area contributed by atoms with E-state index in [1.807, 2.05) is 19.1 Å². The zero-order valence-electron chi connectivity index (χ0n) is 25.3. The molecular weight excluding hydrogens is 518 g/mol. The molecule has 0 unspecified atom stereocenters. The maximum Gasteiger partial charge on any atom is 0.312 e. The molecule has 2 aliphatic heterocycles. The first-order chi connectivity index (χ1) is 19.1. The molecule has 1 saturated heterocycles. The van der Waals surface area contributed by atoms with Crippen LogP contribution in [0.5, 0.6) is 0 Å². The van der Waals surface area contributed by atoms with Crippen LogP contribution in [0.25, 0.3) is 0 Å². The van der Waals surface area contributed by atoms with Gasteiger partial charge < -0.3 is 9.64 Å². The molecule has 40 heavy (non-hydrogen) atoms. The summed E-state index contributed by atoms with van der Waals surface area (Å²) in [6.07, 6.45) is 15.8. The fourth-order valence-corrected chi connectivity index (χ4v) is 7.30. The van der Waals surface area contributed by atoms with Gasteiger partial charge in [-0.3, -0.25) is 9.59 Å². The molecule has 3 aliphatic rings. The van der Waals surface area contributed by atoms with Gasteiger partial charge in [0.1, 0.15) is 11.9 Å². The predicted octanol–water partition coefficient (Wildman–Crippen LogP) is 8.52. The second-order valence-corrected chi connectivity index (χ2v) is 13.9. The van der Waals surface area contributed by atoms with E-state index in [1.165, 1.54) is 16.7 Å². The normalized spacial score (nSPS) is 26.5. The van der Waals surface area contributed by atoms with Crippen LogP contribution in [-0.2, 0) is 20.7 Å². The van der Waals surface area contributed by atoms with Crippen molar-refractivity contribution >= 4 is 23.4 Å². The molecule has 0 bridgehead atoms. The van der Waals surface area contributed by atoms with Crippen LogP contribution in [0.2, 0.25) is 5.02 Å². The zero-order chi connectivity index (χ0) is 28.8. The Kier molecular flexibility index (Phi) is 10.7. The number of rotatable bonds is 11. The van der Waals surface area contributed by atoms with Crippen LogP contribution < -0.4 is 0 Å². The Morgan fingerprint density at radius 1 is 1.20 bits per heavy atom. The minimum absolute atomic E-state index is 0.0383. The van der Waals surface area contributed by atoms with E-state index >= 15 is 0 Å². The molecule has 0 amide bonds. The highest BCUT2D eigenvalue weighted by atomic mass is 35.5. The monoisotopic (exact) mass is 567 g/mol. The maximum absolute atomic E-state index is 13.0. The molecule has 4 rings (SSSR count). The maximum atomic E-state index is 13.0. The number of carbonyl (C=O) groups excluding carboxylic acids is 2. The van der Waals surface area contributed by atoms with E-state index in [2.05, 4.69) is 50.0 Å². The molecule has 0 aromatic heterocycles. The van der Waals surface area contributed by atoms with E-state index in [9.17, 15) is 9.59 Å². The number of allylic oxidation sites excluding steroid dienone is 2. The predicted molar refractivity (Wildman–Crippen MR) is 164 cm³/mol. The van der Waals surface area contributed by atoms with Crippen molar-refractivity contribution in [2.45, 2.75) is 111 Å². The number of benzene rings is 1. The van der Waals surface area contributed by atoms with Crippen molar-refractivity contribution in [1.82, 2.24) is 4.90 Å². The van der Waals surface area contributed by atoms with Gasteiger partial charge in [-0.1, -0.05) is 60.9 Å². The van der Waals surface area contributed by atoms with Crippen molar-refractivity contribution in [3.05, 3.63) is 58.1 Å². The first-order valence-electron chi connectivity index (χ1n) is 15.6. The summed E-state index contributed by atoms with van der Waals surface area (Å²) in [6.45, 7) is 11.4. The van der Waals surface area contributed by atoms with Gasteiger partial charge in [-0.05, 0) is 102 Å². The number of nitrogens with zero attached hydrogens (tertiary/aromatic N) is 1. The van der Waals surface area contributed by atoms with E-state index in [-0.39, 0.29) is 22.9 Å². The van der Waals surface area contributed by atoms with Gasteiger partial charge in [-0.15, -0.1) is 0 Å². The van der Waals surface area contributed by atoms with Crippen LogP contribution in [0.1, 0.15) is 104 Å². The summed E-state index contributed by atoms with van der Waals surface area (Å²) in [7, 11) is 0. The van der Waals surface area contributed by atoms with Crippen LogP contribution in [0.3, 0.4) is 0 Å². The summed E-state index contributed by atoms with van der Waals surface area (Å²) in [5, 5.41) is 0.801. The summed E-state index contributed by atoms with van der Waals surface area (Å²) < 4.78 is 5.96. The highest BCUT2D eigenvalue weighted by Gasteiger charge is 2.50. The molecule has 1 atom stereocenters. The van der Waals surface area contributed by atoms with Gasteiger partial charge in [0.25, 0.3) is 0 Å². The summed E-state index contributed by atoms with van der Waals surface area (Å²) in [5.41, 5.74) is 3.47. The number of ether oxygens (including phenoxy) is 1. The molecule has 1 spiro atoms. The second kappa shape index (κ2) is 13.8. The Labute approximate surface area is 247 Å². The lowest BCUT2D eigenvalue weighted by Crippen LogP contribution is -2.32. The molecular formula is C35H50ClNO3. The number of Topliss-reactive ketones (excluding diaryl/α,β-unsaturated/α-hetero) is 1. The number of hydrogen-bond donors (Lipinski definition) is 0. The molecule has 2 fully saturated rings. The number of cyclic esters (lactones) is 1. The molecule has 5 heteroatoms. The Morgan fingerprint density at radius 2 is 1.98 bits per heavy atom. The van der Waals surface area contributed by atoms with Gasteiger partial charge in [0, 0.05) is 42.9 Å². The molecule has 1 aromatic carbocycles. The Bertz CT molecular complexity index is 1100. The molecule has 4 nitrogen and oxygen atoms in total. The SMILES string of the molecule is C/C=C(\C)CC(C)(C)C(=O)CCC1CCC2(CC1)C[C@H](CCN1CCC=C(Cc3cccc(Cl)c3)CC1)OC2=O. The van der Waals surface area contributed by atoms with E-state index in [0.717, 1.165) is 95.3 Å². The zero-order valence-corrected chi connectivity index (χ0v) is 26.0. The fraction of sp³-hybridized carbons (Fsp3) is 0.657. The van der Waals surface area contributed by atoms with Crippen molar-refractivity contribution in [2.75, 3.05) is 19.6 Å². The van der Waals surface area contributed by atoms with Gasteiger partial charge in [-0.2, -0.15) is 0 Å². The first kappa shape index (κ1) is 31.0. The summed E-state index contributed by atoms with van der Waals surface area (Å²) in [6, 6.07) is 8.17. The van der Waals surface area contributed by atoms with Gasteiger partial charge in [0.05, 0.1) is 5.41 Å². The van der Waals surface area contributed by atoms with E-state index in [4.69, 9.17) is 16.3 Å². The third kappa shape index (κ3) is 8.32. The van der Waals surface area contributed by atoms with Crippen molar-refractivity contribution in [3.63, 3.8) is 0 Å². The summed E-state index contributed by atoms with van der Waals surface area (Å²) in [4.78, 5) is 28.5. The molecule has 220 valence electrons. The third-order valence-electron chi connectivity index (χ3n) is 9.85. The van der Waals surface area contributed by atoms with E-state index in [0.29, 0.717) is 18.1 Å². The quantitative estimate of drug-likeness (QED) is 0.198. The molecule has 0 radical (unpaired) electrons. The van der Waals surface area contributed by atoms with Gasteiger partial charge in [0.15, 0.2) is 0 Å². The van der Waals surface area contributed by atoms with Crippen molar-refractivity contribution < 1.29 is 14.3 Å². The Hall–Kier alpha value is -1.91. The number of hydrogen-bond acceptors (Lipinski definition) is 4. The number of halogens is 1. The van der Waals surface area contributed by atoms with Crippen molar-refractivity contribution in [2.24, 2.45) is 16.7 Å². The lowest BCUT2D eigenvalue weighted by molar-refractivity contribution is -0.150. The highest BCUT2D eigenvalue weighted by Crippen LogP contribution is 2.49. The highest BCUT2D eigenvalue weighted by molar-refractivity contribution is 6.30. The summed E-state index contributed by atoms with van der Waals surface area (Å²) in [5.74, 6) is 0.955. The smallest absolute Gasteiger partial charge is 0.312 e. The largest absolute Gasteiger partial charge is 0.462 e. The summed E-state index contributed by atoms with van der Waals surface area (Å²) >= 11 is 6.17. The lowest BCUT2D eigenvalue weighted by Gasteiger charge is -2.34. The third-order valence-corrected chi connectivity index (χ3v) is 10.1. The average Bonchev–Trinajstić information content (AvgIpc) is 3.06. The fourth-order valence-electron chi connectivity index (χ4n) is 7.08. The van der Waals surface area contributed by atoms with Gasteiger partial charge >= 0.3 is 5.97 Å². The van der Waals surface area contributed by atoms with Gasteiger partial charge in [0.2, 0.25) is 0 Å². The van der Waals surface area contributed by atoms with Crippen LogP contribution in [0.4, 0.5) is 0 Å². The van der Waals surface area contributed by atoms with Crippen molar-refractivity contribution in [3.8, 4) is 0 Å². The lowest BCUT2D eigenvalue weighted by atomic mass is 9.67. The molecule has 2 heterocycles. The van der Waals surface area contributed by atoms with Crippen LogP contribution in [-0.4, -0.2) is 42.4 Å². The molecule has 1 aliphatic carbocycles. The van der Waals surface area contributed by atoms with Crippen molar-refractivity contribution in [1.29, 1.82) is 0 Å². The van der Waals surface area contributed by atoms with E-state index < -0.39 is 0 Å². The topological polar surface area (TPSA) is 46.6 Å². The Balaban J connectivity index is 1.17. The second-order valence-electron chi connectivity index (χ2n) is 13.5. The molecule has 1 aromatic rings. The van der Waals surface area contributed by atoms with Crippen LogP contribution in [0, 0.1) is 16.7 Å². The van der Waals surface area contributed by atoms with E-state index in [1.54, 1.807) is 0 Å². The average molecular weight is 568 g/mol. The first-order valence-corrected chi connectivity index (χ1v) is 16.0. The minimum atomic E-state index is -0.295. The number of ketones is 1. The minimum Gasteiger partial charge on any atom is -0.462 e. The Morgan fingerprint density at radius 3 is 2.70 bits per heavy atom. The van der Waals surface area contributed by atoms with Crippen LogP contribution in [0.15, 0.2) is 47.6 Å².